The SMILES string of the molecule is CCCc1cc(C2CCCC2)c(S(C)(=O)=O)cc1C(=O)OC. The third-order valence-corrected chi connectivity index (χ3v) is 5.51. The molecule has 0 amide bonds. The van der Waals surface area contributed by atoms with Gasteiger partial charge >= 0.3 is 5.97 Å². The number of carbonyl (C=O) groups excluding carboxylic acids is 1. The lowest BCUT2D eigenvalue weighted by Crippen LogP contribution is -2.12. The number of hydrogen-bond donors (Lipinski definition) is 0. The predicted octanol–water partition coefficient (Wildman–Crippen LogP) is 3.49. The van der Waals surface area contributed by atoms with Crippen LogP contribution in [0.3, 0.4) is 0 Å². The lowest BCUT2D eigenvalue weighted by molar-refractivity contribution is 0.0599. The van der Waals surface area contributed by atoms with Crippen LogP contribution in [-0.2, 0) is 21.0 Å². The van der Waals surface area contributed by atoms with E-state index < -0.39 is 15.8 Å². The molecule has 1 aliphatic rings. The van der Waals surface area contributed by atoms with Crippen molar-refractivity contribution < 1.29 is 17.9 Å². The fourth-order valence-electron chi connectivity index (χ4n) is 3.30. The monoisotopic (exact) mass is 324 g/mol. The van der Waals surface area contributed by atoms with E-state index in [9.17, 15) is 13.2 Å². The molecule has 122 valence electrons. The second-order valence-corrected chi connectivity index (χ2v) is 8.03. The molecule has 0 atom stereocenters. The van der Waals surface area contributed by atoms with Gasteiger partial charge < -0.3 is 4.74 Å². The van der Waals surface area contributed by atoms with Crippen LogP contribution in [0.4, 0.5) is 0 Å². The summed E-state index contributed by atoms with van der Waals surface area (Å²) in [6.07, 6.45) is 7.16. The molecule has 2 rings (SSSR count). The van der Waals surface area contributed by atoms with Gasteiger partial charge in [-0.3, -0.25) is 0 Å². The van der Waals surface area contributed by atoms with Crippen molar-refractivity contribution in [2.24, 2.45) is 0 Å². The van der Waals surface area contributed by atoms with Gasteiger partial charge in [0.2, 0.25) is 0 Å². The zero-order chi connectivity index (χ0) is 16.3. The third-order valence-electron chi connectivity index (χ3n) is 4.35. The smallest absolute Gasteiger partial charge is 0.338 e. The molecule has 1 saturated carbocycles. The topological polar surface area (TPSA) is 60.4 Å². The number of carbonyl (C=O) groups is 1. The molecule has 0 saturated heterocycles. The van der Waals surface area contributed by atoms with Gasteiger partial charge in [-0.2, -0.15) is 0 Å². The van der Waals surface area contributed by atoms with Crippen LogP contribution >= 0.6 is 0 Å². The summed E-state index contributed by atoms with van der Waals surface area (Å²) in [5.41, 5.74) is 2.16. The van der Waals surface area contributed by atoms with E-state index in [0.717, 1.165) is 49.7 Å². The van der Waals surface area contributed by atoms with E-state index in [1.165, 1.54) is 19.4 Å². The zero-order valence-corrected chi connectivity index (χ0v) is 14.3. The molecule has 22 heavy (non-hydrogen) atoms. The van der Waals surface area contributed by atoms with Gasteiger partial charge in [0.25, 0.3) is 0 Å². The van der Waals surface area contributed by atoms with Gasteiger partial charge in [0.1, 0.15) is 0 Å². The fourth-order valence-corrected chi connectivity index (χ4v) is 4.28. The zero-order valence-electron chi connectivity index (χ0n) is 13.5. The Balaban J connectivity index is 2.65. The van der Waals surface area contributed by atoms with E-state index in [0.29, 0.717) is 10.5 Å². The molecule has 0 radical (unpaired) electrons. The Morgan fingerprint density at radius 2 is 1.91 bits per heavy atom. The number of sulfone groups is 1. The van der Waals surface area contributed by atoms with Gasteiger partial charge in [0, 0.05) is 6.26 Å². The third kappa shape index (κ3) is 3.51. The Hall–Kier alpha value is -1.36. The number of esters is 1. The van der Waals surface area contributed by atoms with Crippen molar-refractivity contribution in [3.63, 3.8) is 0 Å². The van der Waals surface area contributed by atoms with Gasteiger partial charge in [-0.05, 0) is 42.4 Å². The van der Waals surface area contributed by atoms with Crippen molar-refractivity contribution in [3.8, 4) is 0 Å². The van der Waals surface area contributed by atoms with Crippen molar-refractivity contribution >= 4 is 15.8 Å². The van der Waals surface area contributed by atoms with Crippen molar-refractivity contribution in [2.75, 3.05) is 13.4 Å². The van der Waals surface area contributed by atoms with Crippen molar-refractivity contribution in [2.45, 2.75) is 56.3 Å². The predicted molar refractivity (Wildman–Crippen MR) is 86.1 cm³/mol. The highest BCUT2D eigenvalue weighted by molar-refractivity contribution is 7.90. The maximum absolute atomic E-state index is 12.2. The highest BCUT2D eigenvalue weighted by Crippen LogP contribution is 2.38. The molecule has 1 fully saturated rings. The Kier molecular flexibility index (Phi) is 5.27. The van der Waals surface area contributed by atoms with E-state index >= 15 is 0 Å². The first-order chi connectivity index (χ1) is 10.4. The molecule has 4 nitrogen and oxygen atoms in total. The molecular formula is C17H24O4S. The van der Waals surface area contributed by atoms with E-state index in [1.54, 1.807) is 0 Å². The molecular weight excluding hydrogens is 300 g/mol. The number of hydrogen-bond acceptors (Lipinski definition) is 4. The van der Waals surface area contributed by atoms with E-state index in [1.807, 2.05) is 13.0 Å². The Labute approximate surface area is 132 Å². The van der Waals surface area contributed by atoms with Crippen molar-refractivity contribution in [1.82, 2.24) is 0 Å². The molecule has 0 spiro atoms. The van der Waals surface area contributed by atoms with Crippen LogP contribution in [0.2, 0.25) is 0 Å². The molecule has 0 bridgehead atoms. The van der Waals surface area contributed by atoms with Crippen LogP contribution in [0.1, 0.15) is 66.4 Å². The van der Waals surface area contributed by atoms with Crippen LogP contribution < -0.4 is 0 Å². The van der Waals surface area contributed by atoms with Crippen molar-refractivity contribution in [1.29, 1.82) is 0 Å². The van der Waals surface area contributed by atoms with Gasteiger partial charge in [0.15, 0.2) is 9.84 Å². The van der Waals surface area contributed by atoms with Crippen LogP contribution in [0.15, 0.2) is 17.0 Å². The number of aryl methyl sites for hydroxylation is 1. The standard InChI is InChI=1S/C17H24O4S/c1-4-7-13-10-14(12-8-5-6-9-12)16(22(3,19)20)11-15(13)17(18)21-2/h10-12H,4-9H2,1-3H3. The van der Waals surface area contributed by atoms with Crippen LogP contribution in [0, 0.1) is 0 Å². The minimum absolute atomic E-state index is 0.284. The average Bonchev–Trinajstić information content (AvgIpc) is 2.99. The first-order valence-electron chi connectivity index (χ1n) is 7.83. The second-order valence-electron chi connectivity index (χ2n) is 6.04. The van der Waals surface area contributed by atoms with E-state index in [2.05, 4.69) is 0 Å². The van der Waals surface area contributed by atoms with Gasteiger partial charge in [-0.15, -0.1) is 0 Å². The summed E-state index contributed by atoms with van der Waals surface area (Å²) in [4.78, 5) is 12.3. The number of rotatable bonds is 5. The van der Waals surface area contributed by atoms with Crippen LogP contribution in [0.25, 0.3) is 0 Å². The molecule has 0 N–H and O–H groups in total. The summed E-state index contributed by atoms with van der Waals surface area (Å²) in [5, 5.41) is 0. The largest absolute Gasteiger partial charge is 0.465 e. The van der Waals surface area contributed by atoms with E-state index in [4.69, 9.17) is 4.74 Å². The fraction of sp³-hybridized carbons (Fsp3) is 0.588. The maximum Gasteiger partial charge on any atom is 0.338 e. The highest BCUT2D eigenvalue weighted by Gasteiger charge is 2.27. The van der Waals surface area contributed by atoms with E-state index in [-0.39, 0.29) is 5.92 Å². The summed E-state index contributed by atoms with van der Waals surface area (Å²) in [6, 6.07) is 3.46. The molecule has 5 heteroatoms. The summed E-state index contributed by atoms with van der Waals surface area (Å²) in [6.45, 7) is 2.04. The Morgan fingerprint density at radius 3 is 2.41 bits per heavy atom. The normalized spacial score (nSPS) is 16.0. The number of methoxy groups -OCH3 is 1. The molecule has 1 aliphatic carbocycles. The summed E-state index contributed by atoms with van der Waals surface area (Å²) < 4.78 is 29.2. The highest BCUT2D eigenvalue weighted by atomic mass is 32.2. The molecule has 0 unspecified atom stereocenters. The minimum Gasteiger partial charge on any atom is -0.465 e. The van der Waals surface area contributed by atoms with Crippen LogP contribution in [0.5, 0.6) is 0 Å². The second kappa shape index (κ2) is 6.82. The minimum atomic E-state index is -3.37. The maximum atomic E-state index is 12.2. The molecule has 1 aromatic carbocycles. The Morgan fingerprint density at radius 1 is 1.27 bits per heavy atom. The number of benzene rings is 1. The van der Waals surface area contributed by atoms with Gasteiger partial charge in [0.05, 0.1) is 17.6 Å². The number of ether oxygens (including phenoxy) is 1. The summed E-state index contributed by atoms with van der Waals surface area (Å²) in [5.74, 6) is -0.182. The summed E-state index contributed by atoms with van der Waals surface area (Å²) in [7, 11) is -2.05. The molecule has 0 aromatic heterocycles. The average molecular weight is 324 g/mol. The molecule has 0 aliphatic heterocycles. The molecule has 0 heterocycles. The lowest BCUT2D eigenvalue weighted by Gasteiger charge is -2.18. The van der Waals surface area contributed by atoms with Crippen LogP contribution in [-0.4, -0.2) is 27.8 Å². The van der Waals surface area contributed by atoms with Gasteiger partial charge in [-0.25, -0.2) is 13.2 Å². The quantitative estimate of drug-likeness (QED) is 0.778. The summed E-state index contributed by atoms with van der Waals surface area (Å²) >= 11 is 0. The van der Waals surface area contributed by atoms with Gasteiger partial charge in [-0.1, -0.05) is 32.3 Å². The lowest BCUT2D eigenvalue weighted by atomic mass is 9.92. The first-order valence-corrected chi connectivity index (χ1v) is 9.72. The first kappa shape index (κ1) is 17.0. The molecule has 1 aromatic rings. The Bertz CT molecular complexity index is 655. The van der Waals surface area contributed by atoms with Crippen molar-refractivity contribution in [3.05, 3.63) is 28.8 Å².